The Labute approximate surface area is 115 Å². The third-order valence-corrected chi connectivity index (χ3v) is 4.17. The van der Waals surface area contributed by atoms with Crippen LogP contribution in [0.1, 0.15) is 0 Å². The highest BCUT2D eigenvalue weighted by Crippen LogP contribution is 2.39. The van der Waals surface area contributed by atoms with Crippen LogP contribution in [0.15, 0.2) is 29.2 Å². The predicted molar refractivity (Wildman–Crippen MR) is 71.1 cm³/mol. The molecule has 20 heavy (non-hydrogen) atoms. The first-order valence-corrected chi connectivity index (χ1v) is 6.85. The van der Waals surface area contributed by atoms with Gasteiger partial charge in [0.25, 0.3) is 10.1 Å². The van der Waals surface area contributed by atoms with Crippen molar-refractivity contribution in [3.8, 4) is 11.5 Å². The molecule has 0 aliphatic heterocycles. The van der Waals surface area contributed by atoms with Crippen LogP contribution < -0.4 is 4.74 Å². The van der Waals surface area contributed by atoms with E-state index < -0.39 is 10.1 Å². The summed E-state index contributed by atoms with van der Waals surface area (Å²) >= 11 is 0. The summed E-state index contributed by atoms with van der Waals surface area (Å²) in [6, 6.07) is 5.43. The SMILES string of the molecule is COc1cc(S(=O)(=O)OC)c2ccc([N+]#N)c(O)c2c1. The normalized spacial score (nSPS) is 11.2. The van der Waals surface area contributed by atoms with Gasteiger partial charge in [-0.3, -0.25) is 4.18 Å². The summed E-state index contributed by atoms with van der Waals surface area (Å²) in [4.78, 5) is 2.77. The average molecular weight is 295 g/mol. The number of hydrogen-bond donors (Lipinski definition) is 1. The number of methoxy groups -OCH3 is 1. The van der Waals surface area contributed by atoms with Crippen LogP contribution in [0.3, 0.4) is 0 Å². The quantitative estimate of drug-likeness (QED) is 0.689. The minimum Gasteiger partial charge on any atom is -0.501 e. The van der Waals surface area contributed by atoms with Gasteiger partial charge in [-0.25, -0.2) is 0 Å². The summed E-state index contributed by atoms with van der Waals surface area (Å²) in [5, 5.41) is 19.2. The molecule has 0 amide bonds. The second-order valence-corrected chi connectivity index (χ2v) is 5.56. The highest BCUT2D eigenvalue weighted by atomic mass is 32.2. The number of ether oxygens (including phenoxy) is 1. The molecule has 2 rings (SSSR count). The maximum absolute atomic E-state index is 11.9. The molecule has 0 aliphatic rings. The fourth-order valence-corrected chi connectivity index (χ4v) is 2.73. The van der Waals surface area contributed by atoms with Crippen LogP contribution in [0, 0.1) is 5.39 Å². The molecule has 2 aromatic rings. The van der Waals surface area contributed by atoms with E-state index in [1.807, 2.05) is 0 Å². The maximum atomic E-state index is 11.9. The van der Waals surface area contributed by atoms with E-state index in [1.54, 1.807) is 0 Å². The second kappa shape index (κ2) is 4.96. The van der Waals surface area contributed by atoms with E-state index in [-0.39, 0.29) is 32.9 Å². The van der Waals surface area contributed by atoms with Crippen LogP contribution in [0.25, 0.3) is 15.7 Å². The van der Waals surface area contributed by atoms with Gasteiger partial charge in [0.05, 0.1) is 14.2 Å². The van der Waals surface area contributed by atoms with E-state index in [2.05, 4.69) is 9.16 Å². The molecule has 0 aromatic heterocycles. The lowest BCUT2D eigenvalue weighted by molar-refractivity contribution is 0.395. The lowest BCUT2D eigenvalue weighted by Crippen LogP contribution is -2.04. The molecule has 0 spiro atoms. The zero-order valence-corrected chi connectivity index (χ0v) is 11.5. The lowest BCUT2D eigenvalue weighted by Gasteiger charge is -2.09. The number of fused-ring (bicyclic) bond motifs is 1. The Morgan fingerprint density at radius 2 is 1.90 bits per heavy atom. The average Bonchev–Trinajstić information content (AvgIpc) is 2.46. The van der Waals surface area contributed by atoms with E-state index in [1.165, 1.54) is 31.4 Å². The predicted octanol–water partition coefficient (Wildman–Crippen LogP) is 2.37. The third kappa shape index (κ3) is 2.13. The van der Waals surface area contributed by atoms with Crippen LogP contribution in [0.5, 0.6) is 11.5 Å². The summed E-state index contributed by atoms with van der Waals surface area (Å²) in [5.74, 6) is -0.130. The summed E-state index contributed by atoms with van der Waals surface area (Å²) in [6.07, 6.45) is 0. The molecule has 0 saturated carbocycles. The smallest absolute Gasteiger partial charge is 0.426 e. The van der Waals surface area contributed by atoms with Crippen LogP contribution in [0.2, 0.25) is 0 Å². The van der Waals surface area contributed by atoms with Gasteiger partial charge in [0, 0.05) is 22.9 Å². The van der Waals surface area contributed by atoms with Crippen molar-refractivity contribution in [2.24, 2.45) is 0 Å². The van der Waals surface area contributed by atoms with Gasteiger partial charge in [-0.05, 0) is 12.1 Å². The van der Waals surface area contributed by atoms with E-state index >= 15 is 0 Å². The van der Waals surface area contributed by atoms with Crippen LogP contribution >= 0.6 is 0 Å². The number of nitrogens with zero attached hydrogens (tertiary/aromatic N) is 2. The zero-order chi connectivity index (χ0) is 14.9. The Balaban J connectivity index is 2.97. The van der Waals surface area contributed by atoms with Gasteiger partial charge < -0.3 is 9.84 Å². The number of rotatable bonds is 3. The van der Waals surface area contributed by atoms with E-state index in [0.717, 1.165) is 7.11 Å². The van der Waals surface area contributed by atoms with Gasteiger partial charge in [0.2, 0.25) is 11.1 Å². The minimum atomic E-state index is -3.98. The Hall–Kier alpha value is -2.37. The Kier molecular flexibility index (Phi) is 3.48. The van der Waals surface area contributed by atoms with Crippen LogP contribution in [-0.4, -0.2) is 27.7 Å². The molecular formula is C12H11N2O5S+. The molecule has 1 N–H and O–H groups in total. The summed E-state index contributed by atoms with van der Waals surface area (Å²) < 4.78 is 33.3. The highest BCUT2D eigenvalue weighted by molar-refractivity contribution is 7.87. The van der Waals surface area contributed by atoms with Crippen LogP contribution in [0.4, 0.5) is 5.69 Å². The van der Waals surface area contributed by atoms with Crippen molar-refractivity contribution >= 4 is 26.6 Å². The molecule has 0 fully saturated rings. The van der Waals surface area contributed by atoms with Crippen molar-refractivity contribution in [2.45, 2.75) is 4.90 Å². The zero-order valence-electron chi connectivity index (χ0n) is 10.7. The lowest BCUT2D eigenvalue weighted by atomic mass is 10.1. The third-order valence-electron chi connectivity index (χ3n) is 2.85. The topological polar surface area (TPSA) is 101 Å². The largest absolute Gasteiger partial charge is 0.501 e. The molecule has 0 aliphatic carbocycles. The molecule has 2 aromatic carbocycles. The first-order chi connectivity index (χ1) is 9.44. The van der Waals surface area contributed by atoms with Crippen molar-refractivity contribution in [1.82, 2.24) is 0 Å². The van der Waals surface area contributed by atoms with Gasteiger partial charge in [0.1, 0.15) is 10.6 Å². The highest BCUT2D eigenvalue weighted by Gasteiger charge is 2.24. The van der Waals surface area contributed by atoms with Gasteiger partial charge in [-0.1, -0.05) is 0 Å². The number of aromatic hydroxyl groups is 1. The van der Waals surface area contributed by atoms with E-state index in [0.29, 0.717) is 0 Å². The van der Waals surface area contributed by atoms with Crippen molar-refractivity contribution in [1.29, 1.82) is 5.39 Å². The molecule has 0 unspecified atom stereocenters. The van der Waals surface area contributed by atoms with E-state index in [9.17, 15) is 13.5 Å². The number of phenols is 1. The standard InChI is InChI=1S/C12H10N2O5S/c1-18-7-5-9-8(3-4-10(14-13)12(9)15)11(6-7)20(16,17)19-2/h3-6H,1-2H3/p+1. The maximum Gasteiger partial charge on any atom is 0.426 e. The van der Waals surface area contributed by atoms with Gasteiger partial charge in [-0.15, -0.1) is 0 Å². The molecule has 0 bridgehead atoms. The summed E-state index contributed by atoms with van der Waals surface area (Å²) in [5.41, 5.74) is -0.0773. The number of diazo groups is 1. The first-order valence-electron chi connectivity index (χ1n) is 5.44. The molecule has 0 radical (unpaired) electrons. The fraction of sp³-hybridized carbons (Fsp3) is 0.167. The molecule has 0 atom stereocenters. The number of hydrogen-bond acceptors (Lipinski definition) is 6. The van der Waals surface area contributed by atoms with Crippen LogP contribution in [-0.2, 0) is 14.3 Å². The van der Waals surface area contributed by atoms with Crippen molar-refractivity contribution in [3.63, 3.8) is 0 Å². The molecular weight excluding hydrogens is 284 g/mol. The van der Waals surface area contributed by atoms with Gasteiger partial charge >= 0.3 is 5.69 Å². The van der Waals surface area contributed by atoms with Crippen molar-refractivity contribution in [3.05, 3.63) is 29.2 Å². The van der Waals surface area contributed by atoms with Gasteiger partial charge in [-0.2, -0.15) is 8.42 Å². The van der Waals surface area contributed by atoms with Crippen molar-refractivity contribution < 1.29 is 22.4 Å². The molecule has 7 nitrogen and oxygen atoms in total. The first kappa shape index (κ1) is 14.0. The van der Waals surface area contributed by atoms with Crippen molar-refractivity contribution in [2.75, 3.05) is 14.2 Å². The number of benzene rings is 2. The number of phenolic OH excluding ortho intramolecular Hbond substituents is 1. The monoisotopic (exact) mass is 295 g/mol. The fourth-order valence-electron chi connectivity index (χ4n) is 1.84. The Bertz CT molecular complexity index is 824. The summed E-state index contributed by atoms with van der Waals surface area (Å²) in [6.45, 7) is 0. The van der Waals surface area contributed by atoms with E-state index in [4.69, 9.17) is 10.1 Å². The minimum absolute atomic E-state index is 0.0773. The van der Waals surface area contributed by atoms with Gasteiger partial charge in [0.15, 0.2) is 4.98 Å². The molecule has 0 saturated heterocycles. The molecule has 104 valence electrons. The Morgan fingerprint density at radius 1 is 1.20 bits per heavy atom. The second-order valence-electron chi connectivity index (χ2n) is 3.87. The molecule has 8 heteroatoms. The Morgan fingerprint density at radius 3 is 2.45 bits per heavy atom. The summed E-state index contributed by atoms with van der Waals surface area (Å²) in [7, 11) is -1.58. The molecule has 0 heterocycles.